The molecule has 0 amide bonds. The molecule has 0 aliphatic carbocycles. The Morgan fingerprint density at radius 2 is 0.962 bits per heavy atom. The van der Waals surface area contributed by atoms with Crippen LogP contribution in [0.1, 0.15) is 113 Å². The first-order valence-electron chi connectivity index (χ1n) is 11.0. The molecule has 0 spiro atoms. The normalized spacial score (nSPS) is 8.81. The van der Waals surface area contributed by atoms with Crippen molar-refractivity contribution in [1.82, 2.24) is 0 Å². The van der Waals surface area contributed by atoms with Crippen molar-refractivity contribution in [2.45, 2.75) is 114 Å². The van der Waals surface area contributed by atoms with Crippen molar-refractivity contribution < 1.29 is 5.11 Å². The van der Waals surface area contributed by atoms with E-state index in [4.69, 9.17) is 5.11 Å². The summed E-state index contributed by atoms with van der Waals surface area (Å²) in [5, 5.41) is 6.94. The molecule has 0 fully saturated rings. The smallest absolute Gasteiger partial charge is 0.169 e. The molecule has 1 heteroatoms. The Bertz CT molecular complexity index is 278. The predicted octanol–water partition coefficient (Wildman–Crippen LogP) is 8.63. The number of hydrogen-bond donors (Lipinski definition) is 0. The Morgan fingerprint density at radius 1 is 0.654 bits per heavy atom. The van der Waals surface area contributed by atoms with E-state index in [2.05, 4.69) is 69.2 Å². The van der Waals surface area contributed by atoms with Crippen LogP contribution in [0, 0.1) is 11.8 Å². The molecular formula is C25H53O+. The Kier molecular flexibility index (Phi) is 40.3. The molecule has 1 aromatic carbocycles. The Balaban J connectivity index is -0.000000121. The van der Waals surface area contributed by atoms with Crippen LogP contribution in [0.4, 0.5) is 0 Å². The van der Waals surface area contributed by atoms with Gasteiger partial charge in [0.2, 0.25) is 0 Å². The van der Waals surface area contributed by atoms with Crippen LogP contribution in [-0.2, 0) is 6.61 Å². The summed E-state index contributed by atoms with van der Waals surface area (Å²) in [6.45, 7) is 22.4. The van der Waals surface area contributed by atoms with E-state index in [0.717, 1.165) is 17.4 Å². The topological polar surface area (TPSA) is 22.9 Å². The van der Waals surface area contributed by atoms with Crippen molar-refractivity contribution in [3.05, 3.63) is 35.9 Å². The molecule has 0 saturated carbocycles. The summed E-state index contributed by atoms with van der Waals surface area (Å²) in [4.78, 5) is 0. The lowest BCUT2D eigenvalue weighted by atomic mass is 10.1. The molecule has 1 rings (SSSR count). The first kappa shape index (κ1) is 32.8. The van der Waals surface area contributed by atoms with E-state index in [1.165, 1.54) is 38.5 Å². The van der Waals surface area contributed by atoms with E-state index in [1.54, 1.807) is 0 Å². The fourth-order valence-corrected chi connectivity index (χ4v) is 0.885. The van der Waals surface area contributed by atoms with Crippen LogP contribution < -0.4 is 0 Å². The van der Waals surface area contributed by atoms with Crippen molar-refractivity contribution >= 4 is 0 Å². The third-order valence-corrected chi connectivity index (χ3v) is 3.44. The zero-order valence-corrected chi connectivity index (χ0v) is 20.0. The lowest BCUT2D eigenvalue weighted by Crippen LogP contribution is -1.85. The molecule has 1 aromatic rings. The molecule has 0 radical (unpaired) electrons. The van der Waals surface area contributed by atoms with Gasteiger partial charge >= 0.3 is 0 Å². The van der Waals surface area contributed by atoms with Crippen molar-refractivity contribution in [2.24, 2.45) is 11.8 Å². The van der Waals surface area contributed by atoms with Gasteiger partial charge in [-0.3, -0.25) is 0 Å². The largest absolute Gasteiger partial charge is 0.442 e. The summed E-state index contributed by atoms with van der Waals surface area (Å²) in [5.41, 5.74) is 1.08. The monoisotopic (exact) mass is 369 g/mol. The minimum absolute atomic E-state index is 0.390. The Hall–Kier alpha value is -0.820. The standard InChI is InChI=1S/C7H8O.C6H14.3C4H10/c8-6-7-4-2-1-3-5-7;1-4-6(3)5-2;1-4(2)3;2*1-3-4-2/h1-5,8H,6H2;6H,4-5H2,1-3H3;4H,1-3H3;2*3-4H2,1-2H3/p+1. The van der Waals surface area contributed by atoms with E-state index >= 15 is 0 Å². The van der Waals surface area contributed by atoms with Crippen LogP contribution in [0.3, 0.4) is 0 Å². The van der Waals surface area contributed by atoms with Crippen LogP contribution >= 0.6 is 0 Å². The summed E-state index contributed by atoms with van der Waals surface area (Å²) in [7, 11) is 0. The van der Waals surface area contributed by atoms with E-state index in [-0.39, 0.29) is 0 Å². The second-order valence-corrected chi connectivity index (χ2v) is 7.32. The quantitative estimate of drug-likeness (QED) is 0.463. The zero-order chi connectivity index (χ0) is 21.2. The fourth-order valence-electron chi connectivity index (χ4n) is 0.885. The summed E-state index contributed by atoms with van der Waals surface area (Å²) in [6.07, 6.45) is 7.94. The van der Waals surface area contributed by atoms with Crippen molar-refractivity contribution in [1.29, 1.82) is 0 Å². The molecular weight excluding hydrogens is 316 g/mol. The van der Waals surface area contributed by atoms with Crippen molar-refractivity contribution in [3.8, 4) is 0 Å². The lowest BCUT2D eigenvalue weighted by Gasteiger charge is -1.98. The first-order valence-corrected chi connectivity index (χ1v) is 11.0. The highest BCUT2D eigenvalue weighted by molar-refractivity contribution is 5.12. The van der Waals surface area contributed by atoms with Gasteiger partial charge in [-0.05, 0) is 11.8 Å². The first-order chi connectivity index (χ1) is 12.3. The Morgan fingerprint density at radius 3 is 1.08 bits per heavy atom. The number of rotatable bonds is 5. The SMILES string of the molecule is CC(C)C.CCC(C)CC.CCCC.CCCC.[OH2+]Cc1ccccc1. The minimum atomic E-state index is 0.390. The van der Waals surface area contributed by atoms with Gasteiger partial charge in [0.05, 0.1) is 0 Å². The highest BCUT2D eigenvalue weighted by atomic mass is 16.3. The summed E-state index contributed by atoms with van der Waals surface area (Å²) < 4.78 is 0. The zero-order valence-electron chi connectivity index (χ0n) is 20.0. The van der Waals surface area contributed by atoms with E-state index in [1.807, 2.05) is 30.3 Å². The Labute approximate surface area is 167 Å². The van der Waals surface area contributed by atoms with Gasteiger partial charge in [0.1, 0.15) is 0 Å². The third kappa shape index (κ3) is 49.5. The number of unbranched alkanes of at least 4 members (excludes halogenated alkanes) is 2. The van der Waals surface area contributed by atoms with Crippen LogP contribution in [0.2, 0.25) is 0 Å². The summed E-state index contributed by atoms with van der Waals surface area (Å²) >= 11 is 0. The highest BCUT2D eigenvalue weighted by Crippen LogP contribution is 2.02. The van der Waals surface area contributed by atoms with Crippen molar-refractivity contribution in [3.63, 3.8) is 0 Å². The van der Waals surface area contributed by atoms with Gasteiger partial charge in [0.25, 0.3) is 0 Å². The fraction of sp³-hybridized carbons (Fsp3) is 0.760. The molecule has 1 nitrogen and oxygen atoms in total. The molecule has 0 atom stereocenters. The van der Waals surface area contributed by atoms with Crippen LogP contribution in [0.15, 0.2) is 30.3 Å². The second kappa shape index (κ2) is 31.9. The van der Waals surface area contributed by atoms with E-state index in [0.29, 0.717) is 6.61 Å². The van der Waals surface area contributed by atoms with Crippen LogP contribution in [0.25, 0.3) is 0 Å². The minimum Gasteiger partial charge on any atom is -0.442 e. The molecule has 158 valence electrons. The van der Waals surface area contributed by atoms with Gasteiger partial charge < -0.3 is 5.11 Å². The molecule has 0 aliphatic rings. The van der Waals surface area contributed by atoms with Gasteiger partial charge in [-0.2, -0.15) is 0 Å². The van der Waals surface area contributed by atoms with Crippen molar-refractivity contribution in [2.75, 3.05) is 0 Å². The molecule has 0 heterocycles. The third-order valence-electron chi connectivity index (χ3n) is 3.44. The molecule has 0 unspecified atom stereocenters. The maximum atomic E-state index is 6.94. The molecule has 2 N–H and O–H groups in total. The van der Waals surface area contributed by atoms with Gasteiger partial charge in [0.15, 0.2) is 6.61 Å². The van der Waals surface area contributed by atoms with Gasteiger partial charge in [-0.25, -0.2) is 0 Å². The van der Waals surface area contributed by atoms with Gasteiger partial charge in [0, 0.05) is 5.56 Å². The predicted molar refractivity (Wildman–Crippen MR) is 125 cm³/mol. The molecule has 0 aromatic heterocycles. The van der Waals surface area contributed by atoms with Crippen LogP contribution in [0.5, 0.6) is 0 Å². The molecule has 0 bridgehead atoms. The summed E-state index contributed by atoms with van der Waals surface area (Å²) in [5.74, 6) is 1.77. The number of benzene rings is 1. The average Bonchev–Trinajstić information content (AvgIpc) is 2.68. The lowest BCUT2D eigenvalue weighted by molar-refractivity contribution is 0.282. The van der Waals surface area contributed by atoms with E-state index in [9.17, 15) is 0 Å². The molecule has 0 saturated heterocycles. The highest BCUT2D eigenvalue weighted by Gasteiger charge is 1.88. The summed E-state index contributed by atoms with van der Waals surface area (Å²) in [6, 6.07) is 9.76. The molecule has 0 aliphatic heterocycles. The second-order valence-electron chi connectivity index (χ2n) is 7.32. The maximum absolute atomic E-state index is 6.94. The van der Waals surface area contributed by atoms with E-state index < -0.39 is 0 Å². The van der Waals surface area contributed by atoms with Gasteiger partial charge in [-0.15, -0.1) is 0 Å². The number of hydrogen-bond acceptors (Lipinski definition) is 0. The average molecular weight is 370 g/mol. The van der Waals surface area contributed by atoms with Gasteiger partial charge in [-0.1, -0.05) is 138 Å². The maximum Gasteiger partial charge on any atom is 0.169 e. The van der Waals surface area contributed by atoms with Crippen LogP contribution in [-0.4, -0.2) is 5.11 Å². The molecule has 26 heavy (non-hydrogen) atoms.